The first-order valence-corrected chi connectivity index (χ1v) is 18.1. The van der Waals surface area contributed by atoms with Gasteiger partial charge in [0.05, 0.1) is 79.3 Å². The molecule has 242 valence electrons. The Morgan fingerprint density at radius 2 is 0.775 bits per heavy atom. The third kappa shape index (κ3) is 27.3. The maximum Gasteiger partial charge on any atom is 0.501 e. The van der Waals surface area contributed by atoms with Crippen LogP contribution in [-0.4, -0.2) is 119 Å². The van der Waals surface area contributed by atoms with Crippen molar-refractivity contribution in [2.45, 2.75) is 77.1 Å². The van der Waals surface area contributed by atoms with Crippen molar-refractivity contribution in [1.82, 2.24) is 0 Å². The van der Waals surface area contributed by atoms with Crippen molar-refractivity contribution in [2.75, 3.05) is 105 Å². The SMILES string of the molecule is CCCCOCCOCCO[Si](CCC(Cl)CCl)(OCCOCCOCCCC)OCCOCCOCCCC. The zero-order valence-electron chi connectivity index (χ0n) is 25.5. The lowest BCUT2D eigenvalue weighted by Crippen LogP contribution is -2.48. The minimum atomic E-state index is -3.11. The zero-order valence-corrected chi connectivity index (χ0v) is 28.0. The smallest absolute Gasteiger partial charge is 0.379 e. The van der Waals surface area contributed by atoms with Crippen LogP contribution in [0.4, 0.5) is 0 Å². The van der Waals surface area contributed by atoms with Gasteiger partial charge in [0.15, 0.2) is 0 Å². The van der Waals surface area contributed by atoms with Gasteiger partial charge in [0.2, 0.25) is 0 Å². The highest BCUT2D eigenvalue weighted by Crippen LogP contribution is 2.22. The van der Waals surface area contributed by atoms with E-state index >= 15 is 0 Å². The van der Waals surface area contributed by atoms with Crippen molar-refractivity contribution < 1.29 is 41.7 Å². The predicted octanol–water partition coefficient (Wildman–Crippen LogP) is 5.71. The average Bonchev–Trinajstić information content (AvgIpc) is 2.97. The zero-order chi connectivity index (χ0) is 29.4. The Kier molecular flexibility index (Phi) is 32.7. The largest absolute Gasteiger partial charge is 0.501 e. The lowest BCUT2D eigenvalue weighted by Gasteiger charge is -2.30. The molecule has 0 fully saturated rings. The first-order chi connectivity index (χ1) is 19.6. The lowest BCUT2D eigenvalue weighted by molar-refractivity contribution is -0.0162. The van der Waals surface area contributed by atoms with Gasteiger partial charge >= 0.3 is 8.80 Å². The van der Waals surface area contributed by atoms with Gasteiger partial charge in [0, 0.05) is 37.1 Å². The summed E-state index contributed by atoms with van der Waals surface area (Å²) in [6.45, 7) is 14.2. The maximum atomic E-state index is 6.34. The van der Waals surface area contributed by atoms with Gasteiger partial charge < -0.3 is 41.7 Å². The molecule has 0 radical (unpaired) electrons. The van der Waals surface area contributed by atoms with Crippen LogP contribution in [-0.2, 0) is 41.7 Å². The molecule has 0 amide bonds. The molecule has 0 saturated heterocycles. The van der Waals surface area contributed by atoms with Crippen LogP contribution in [0.25, 0.3) is 0 Å². The second kappa shape index (κ2) is 32.4. The Bertz CT molecular complexity index is 444. The summed E-state index contributed by atoms with van der Waals surface area (Å²) in [5, 5.41) is -0.200. The van der Waals surface area contributed by atoms with Crippen LogP contribution >= 0.6 is 23.2 Å². The van der Waals surface area contributed by atoms with E-state index in [-0.39, 0.29) is 5.38 Å². The molecule has 0 aliphatic rings. The molecule has 0 spiro atoms. The van der Waals surface area contributed by atoms with Crippen LogP contribution in [0.1, 0.15) is 65.7 Å². The maximum absolute atomic E-state index is 6.34. The van der Waals surface area contributed by atoms with E-state index in [0.717, 1.165) is 58.3 Å². The third-order valence-corrected chi connectivity index (χ3v) is 9.36. The summed E-state index contributed by atoms with van der Waals surface area (Å²) >= 11 is 12.3. The highest BCUT2D eigenvalue weighted by molar-refractivity contribution is 6.60. The number of unbranched alkanes of at least 4 members (excludes halogenated alkanes) is 3. The normalized spacial score (nSPS) is 12.8. The van der Waals surface area contributed by atoms with Gasteiger partial charge in [-0.3, -0.25) is 0 Å². The summed E-state index contributed by atoms with van der Waals surface area (Å²) in [6.07, 6.45) is 7.13. The van der Waals surface area contributed by atoms with Gasteiger partial charge in [-0.15, -0.1) is 23.2 Å². The van der Waals surface area contributed by atoms with E-state index in [4.69, 9.17) is 64.9 Å². The summed E-state index contributed by atoms with van der Waals surface area (Å²) in [5.74, 6) is 0.343. The minimum absolute atomic E-state index is 0.200. The summed E-state index contributed by atoms with van der Waals surface area (Å²) < 4.78 is 52.5. The molecule has 1 atom stereocenters. The van der Waals surface area contributed by atoms with Gasteiger partial charge in [-0.1, -0.05) is 40.0 Å². The van der Waals surface area contributed by atoms with Crippen molar-refractivity contribution in [2.24, 2.45) is 0 Å². The van der Waals surface area contributed by atoms with Crippen LogP contribution in [0, 0.1) is 0 Å². The molecule has 9 nitrogen and oxygen atoms in total. The fourth-order valence-electron chi connectivity index (χ4n) is 3.23. The van der Waals surface area contributed by atoms with Crippen LogP contribution in [0.2, 0.25) is 6.04 Å². The molecule has 40 heavy (non-hydrogen) atoms. The van der Waals surface area contributed by atoms with Gasteiger partial charge in [0.25, 0.3) is 0 Å². The van der Waals surface area contributed by atoms with E-state index in [0.29, 0.717) is 97.6 Å². The van der Waals surface area contributed by atoms with E-state index in [1.54, 1.807) is 0 Å². The van der Waals surface area contributed by atoms with Crippen molar-refractivity contribution in [3.8, 4) is 0 Å². The molecule has 1 unspecified atom stereocenters. The van der Waals surface area contributed by atoms with Crippen LogP contribution in [0.3, 0.4) is 0 Å². The molecular formula is C28H58Cl2O9Si. The first kappa shape index (κ1) is 40.4. The summed E-state index contributed by atoms with van der Waals surface area (Å²) in [4.78, 5) is 0. The Morgan fingerprint density at radius 3 is 1.07 bits per heavy atom. The second-order valence-electron chi connectivity index (χ2n) is 9.25. The van der Waals surface area contributed by atoms with Crippen molar-refractivity contribution in [3.63, 3.8) is 0 Å². The summed E-state index contributed by atoms with van der Waals surface area (Å²) in [5.41, 5.74) is 0. The molecule has 12 heteroatoms. The number of rotatable bonds is 34. The molecule has 0 bridgehead atoms. The van der Waals surface area contributed by atoms with Gasteiger partial charge in [0.1, 0.15) is 0 Å². The van der Waals surface area contributed by atoms with E-state index in [1.807, 2.05) is 0 Å². The lowest BCUT2D eigenvalue weighted by atomic mass is 10.4. The predicted molar refractivity (Wildman–Crippen MR) is 163 cm³/mol. The molecule has 0 N–H and O–H groups in total. The average molecular weight is 638 g/mol. The van der Waals surface area contributed by atoms with E-state index in [2.05, 4.69) is 20.8 Å². The molecule has 0 aromatic heterocycles. The molecule has 0 aliphatic heterocycles. The first-order valence-electron chi connectivity index (χ1n) is 15.2. The summed E-state index contributed by atoms with van der Waals surface area (Å²) in [7, 11) is -3.11. The molecule has 0 rings (SSSR count). The number of halogens is 2. The second-order valence-corrected chi connectivity index (χ2v) is 12.9. The monoisotopic (exact) mass is 636 g/mol. The number of hydrogen-bond donors (Lipinski definition) is 0. The highest BCUT2D eigenvalue weighted by atomic mass is 35.5. The Morgan fingerprint density at radius 1 is 0.475 bits per heavy atom. The quantitative estimate of drug-likeness (QED) is 0.0501. The van der Waals surface area contributed by atoms with Crippen molar-refractivity contribution in [3.05, 3.63) is 0 Å². The fourth-order valence-corrected chi connectivity index (χ4v) is 6.24. The Hall–Kier alpha value is 0.437. The highest BCUT2D eigenvalue weighted by Gasteiger charge is 2.41. The number of hydrogen-bond acceptors (Lipinski definition) is 9. The Balaban J connectivity index is 4.72. The number of alkyl halides is 2. The van der Waals surface area contributed by atoms with Crippen molar-refractivity contribution >= 4 is 32.0 Å². The van der Waals surface area contributed by atoms with E-state index < -0.39 is 8.80 Å². The molecule has 0 aliphatic carbocycles. The van der Waals surface area contributed by atoms with E-state index in [1.165, 1.54) is 0 Å². The molecule has 0 aromatic rings. The van der Waals surface area contributed by atoms with E-state index in [9.17, 15) is 0 Å². The van der Waals surface area contributed by atoms with Crippen molar-refractivity contribution in [1.29, 1.82) is 0 Å². The minimum Gasteiger partial charge on any atom is -0.379 e. The van der Waals surface area contributed by atoms with Gasteiger partial charge in [-0.25, -0.2) is 0 Å². The molecule has 0 aromatic carbocycles. The Labute approximate surface area is 255 Å². The number of ether oxygens (including phenoxy) is 6. The van der Waals surface area contributed by atoms with Crippen LogP contribution in [0.15, 0.2) is 0 Å². The standard InChI is InChI=1S/C28H58Cl2O9Si/c1-4-7-11-31-14-17-34-20-23-37-40(26-10-28(30)27-29,38-24-21-35-18-15-32-12-8-5-2)39-25-22-36-19-16-33-13-9-6-3/h28H,4-27H2,1-3H3. The molecule has 0 heterocycles. The topological polar surface area (TPSA) is 83.1 Å². The fraction of sp³-hybridized carbons (Fsp3) is 1.00. The molecule has 0 saturated carbocycles. The van der Waals surface area contributed by atoms with Crippen LogP contribution < -0.4 is 0 Å². The van der Waals surface area contributed by atoms with Gasteiger partial charge in [-0.05, 0) is 25.7 Å². The van der Waals surface area contributed by atoms with Gasteiger partial charge in [-0.2, -0.15) is 0 Å². The third-order valence-electron chi connectivity index (χ3n) is 5.62. The van der Waals surface area contributed by atoms with Crippen LogP contribution in [0.5, 0.6) is 0 Å². The molecular weight excluding hydrogens is 579 g/mol. The summed E-state index contributed by atoms with van der Waals surface area (Å²) in [6, 6.07) is 0.536.